The van der Waals surface area contributed by atoms with Crippen molar-refractivity contribution >= 4 is 17.2 Å². The van der Waals surface area contributed by atoms with Crippen LogP contribution in [0.3, 0.4) is 0 Å². The molecule has 9 heteroatoms. The maximum Gasteiger partial charge on any atom is 0.229 e. The van der Waals surface area contributed by atoms with Crippen molar-refractivity contribution in [2.75, 3.05) is 12.4 Å². The van der Waals surface area contributed by atoms with Gasteiger partial charge in [0.1, 0.15) is 11.6 Å². The van der Waals surface area contributed by atoms with Crippen LogP contribution in [0.2, 0.25) is 0 Å². The van der Waals surface area contributed by atoms with Crippen molar-refractivity contribution in [3.8, 4) is 11.3 Å². The molecule has 1 saturated carbocycles. The lowest BCUT2D eigenvalue weighted by Crippen LogP contribution is -2.27. The van der Waals surface area contributed by atoms with Crippen molar-refractivity contribution < 1.29 is 13.5 Å². The highest BCUT2D eigenvalue weighted by Crippen LogP contribution is 2.36. The number of nitrogens with one attached hydrogen (secondary N) is 1. The second kappa shape index (κ2) is 9.44. The average molecular weight is 465 g/mol. The Bertz CT molecular complexity index is 1300. The molecule has 1 aromatic carbocycles. The molecule has 0 spiro atoms. The van der Waals surface area contributed by atoms with Crippen molar-refractivity contribution in [2.45, 2.75) is 44.2 Å². The molecule has 3 aromatic heterocycles. The number of pyridine rings is 1. The molecule has 0 amide bonds. The van der Waals surface area contributed by atoms with Gasteiger partial charge >= 0.3 is 0 Å². The smallest absolute Gasteiger partial charge is 0.229 e. The summed E-state index contributed by atoms with van der Waals surface area (Å²) < 4.78 is 36.1. The number of hydrogen-bond donors (Lipinski definition) is 2. The normalized spacial score (nSPS) is 18.4. The molecular weight excluding hydrogens is 438 g/mol. The fourth-order valence-corrected chi connectivity index (χ4v) is 4.72. The number of aromatic nitrogens is 4. The summed E-state index contributed by atoms with van der Waals surface area (Å²) in [6, 6.07) is 8.03. The predicted octanol–water partition coefficient (Wildman–Crippen LogP) is 4.94. The average Bonchev–Trinajstić information content (AvgIpc) is 3.21. The summed E-state index contributed by atoms with van der Waals surface area (Å²) in [5.74, 6) is -0.630. The Morgan fingerprint density at radius 2 is 1.97 bits per heavy atom. The molecule has 4 aromatic rings. The van der Waals surface area contributed by atoms with Gasteiger partial charge < -0.3 is 15.8 Å². The van der Waals surface area contributed by atoms with E-state index >= 15 is 0 Å². The van der Waals surface area contributed by atoms with Gasteiger partial charge in [-0.25, -0.2) is 13.8 Å². The monoisotopic (exact) mass is 464 g/mol. The molecule has 5 rings (SSSR count). The Balaban J connectivity index is 1.50. The summed E-state index contributed by atoms with van der Waals surface area (Å²) in [6.07, 6.45) is 9.30. The Morgan fingerprint density at radius 3 is 2.74 bits per heavy atom. The van der Waals surface area contributed by atoms with Crippen molar-refractivity contribution in [1.82, 2.24) is 19.6 Å². The summed E-state index contributed by atoms with van der Waals surface area (Å²) in [4.78, 5) is 8.71. The number of ether oxygens (including phenoxy) is 1. The van der Waals surface area contributed by atoms with Crippen LogP contribution in [0.4, 0.5) is 20.4 Å². The lowest BCUT2D eigenvalue weighted by molar-refractivity contribution is 0.184. The number of hydrogen-bond acceptors (Lipinski definition) is 6. The van der Waals surface area contributed by atoms with E-state index in [1.807, 2.05) is 6.07 Å². The molecular formula is C25H26F2N6O. The highest BCUT2D eigenvalue weighted by molar-refractivity contribution is 5.66. The van der Waals surface area contributed by atoms with Gasteiger partial charge in [0.25, 0.3) is 0 Å². The first-order valence-corrected chi connectivity index (χ1v) is 11.3. The molecule has 2 atom stereocenters. The van der Waals surface area contributed by atoms with E-state index in [0.29, 0.717) is 22.9 Å². The molecule has 0 radical (unpaired) electrons. The largest absolute Gasteiger partial charge is 0.380 e. The maximum absolute atomic E-state index is 14.8. The zero-order valence-electron chi connectivity index (χ0n) is 18.8. The minimum absolute atomic E-state index is 0.121. The van der Waals surface area contributed by atoms with Crippen LogP contribution in [0, 0.1) is 11.6 Å². The molecule has 1 fully saturated rings. The first kappa shape index (κ1) is 22.4. The molecule has 3 N–H and O–H groups in total. The van der Waals surface area contributed by atoms with Crippen LogP contribution >= 0.6 is 0 Å². The van der Waals surface area contributed by atoms with E-state index in [0.717, 1.165) is 36.9 Å². The highest BCUT2D eigenvalue weighted by Gasteiger charge is 2.23. The van der Waals surface area contributed by atoms with E-state index in [1.165, 1.54) is 19.2 Å². The molecule has 1 aliphatic rings. The van der Waals surface area contributed by atoms with Crippen LogP contribution < -0.4 is 11.1 Å². The van der Waals surface area contributed by atoms with Gasteiger partial charge in [-0.05, 0) is 66.6 Å². The molecule has 3 heterocycles. The molecule has 176 valence electrons. The summed E-state index contributed by atoms with van der Waals surface area (Å²) in [5.41, 5.74) is 9.24. The zero-order chi connectivity index (χ0) is 23.7. The van der Waals surface area contributed by atoms with Gasteiger partial charge in [-0.2, -0.15) is 9.61 Å². The number of rotatable bonds is 6. The fraction of sp³-hybridized carbons (Fsp3) is 0.320. The molecule has 1 aliphatic carbocycles. The van der Waals surface area contributed by atoms with E-state index in [2.05, 4.69) is 20.4 Å². The van der Waals surface area contributed by atoms with Crippen LogP contribution in [-0.2, 0) is 11.3 Å². The number of nitrogens with zero attached hydrogens (tertiary/aromatic N) is 4. The number of methoxy groups -OCH3 is 1. The Kier molecular flexibility index (Phi) is 6.21. The third kappa shape index (κ3) is 4.36. The second-order valence-electron chi connectivity index (χ2n) is 8.72. The van der Waals surface area contributed by atoms with Gasteiger partial charge in [-0.15, -0.1) is 0 Å². The van der Waals surface area contributed by atoms with Crippen LogP contribution in [0.1, 0.15) is 42.7 Å². The molecule has 7 nitrogen and oxygen atoms in total. The number of benzene rings is 1. The summed E-state index contributed by atoms with van der Waals surface area (Å²) >= 11 is 0. The quantitative estimate of drug-likeness (QED) is 0.420. The van der Waals surface area contributed by atoms with Crippen LogP contribution in [0.5, 0.6) is 0 Å². The molecule has 0 aliphatic heterocycles. The third-order valence-electron chi connectivity index (χ3n) is 6.31. The van der Waals surface area contributed by atoms with Crippen molar-refractivity contribution in [1.29, 1.82) is 0 Å². The number of fused-ring (bicyclic) bond motifs is 1. The first-order valence-electron chi connectivity index (χ1n) is 11.3. The second-order valence-corrected chi connectivity index (χ2v) is 8.72. The maximum atomic E-state index is 14.8. The van der Waals surface area contributed by atoms with Crippen molar-refractivity contribution in [2.24, 2.45) is 5.73 Å². The molecule has 0 unspecified atom stereocenters. The van der Waals surface area contributed by atoms with Crippen LogP contribution in [0.15, 0.2) is 48.9 Å². The van der Waals surface area contributed by atoms with Gasteiger partial charge in [0, 0.05) is 19.3 Å². The van der Waals surface area contributed by atoms with E-state index in [1.54, 1.807) is 35.2 Å². The highest BCUT2D eigenvalue weighted by atomic mass is 19.1. The van der Waals surface area contributed by atoms with Gasteiger partial charge in [-0.1, -0.05) is 6.42 Å². The molecule has 0 bridgehead atoms. The molecule has 34 heavy (non-hydrogen) atoms. The van der Waals surface area contributed by atoms with Crippen LogP contribution in [0.25, 0.3) is 16.8 Å². The lowest BCUT2D eigenvalue weighted by Gasteiger charge is -2.28. The number of nitrogens with two attached hydrogens (primary N) is 1. The van der Waals surface area contributed by atoms with Gasteiger partial charge in [-0.3, -0.25) is 4.98 Å². The SMILES string of the molecule is COCc1cc(F)c(-c2ccc3cnc(Nc4cnccc4[C@@H]4CCC[C@H](N)C4)n3n2)c(F)c1. The minimum atomic E-state index is -0.697. The summed E-state index contributed by atoms with van der Waals surface area (Å²) in [6.45, 7) is 0.121. The Morgan fingerprint density at radius 1 is 1.15 bits per heavy atom. The standard InChI is InChI=1S/C25H26F2N6O/c1-34-14-15-9-20(26)24(21(27)10-15)22-6-5-18-12-30-25(33(18)32-22)31-23-13-29-8-7-19(23)16-3-2-4-17(28)11-16/h5-10,12-13,16-17H,2-4,11,14,28H2,1H3,(H,30,31)/t16-,17+/m1/s1. The van der Waals surface area contributed by atoms with Gasteiger partial charge in [0.2, 0.25) is 5.95 Å². The van der Waals surface area contributed by atoms with Crippen molar-refractivity contribution in [3.63, 3.8) is 0 Å². The summed E-state index contributed by atoms with van der Waals surface area (Å²) in [5, 5.41) is 7.82. The summed E-state index contributed by atoms with van der Waals surface area (Å²) in [7, 11) is 1.48. The molecule has 0 saturated heterocycles. The Labute approximate surface area is 196 Å². The zero-order valence-corrected chi connectivity index (χ0v) is 18.8. The van der Waals surface area contributed by atoms with E-state index < -0.39 is 11.6 Å². The first-order chi connectivity index (χ1) is 16.5. The Hall–Kier alpha value is -3.43. The van der Waals surface area contributed by atoms with E-state index in [4.69, 9.17) is 10.5 Å². The predicted molar refractivity (Wildman–Crippen MR) is 126 cm³/mol. The van der Waals surface area contributed by atoms with Gasteiger partial charge in [0.15, 0.2) is 0 Å². The third-order valence-corrected chi connectivity index (χ3v) is 6.31. The van der Waals surface area contributed by atoms with E-state index in [-0.39, 0.29) is 23.9 Å². The van der Waals surface area contributed by atoms with Crippen molar-refractivity contribution in [3.05, 3.63) is 71.7 Å². The fourth-order valence-electron chi connectivity index (χ4n) is 4.72. The lowest BCUT2D eigenvalue weighted by atomic mass is 9.81. The van der Waals surface area contributed by atoms with E-state index in [9.17, 15) is 8.78 Å². The minimum Gasteiger partial charge on any atom is -0.380 e. The topological polar surface area (TPSA) is 90.4 Å². The number of imidazole rings is 1. The number of anilines is 2. The van der Waals surface area contributed by atoms with Crippen LogP contribution in [-0.4, -0.2) is 32.7 Å². The number of halogens is 2. The van der Waals surface area contributed by atoms with Gasteiger partial charge in [0.05, 0.1) is 41.5 Å².